The highest BCUT2D eigenvalue weighted by atomic mass is 35.5. The highest BCUT2D eigenvalue weighted by Gasteiger charge is 2.03. The quantitative estimate of drug-likeness (QED) is 0.605. The molecule has 0 aliphatic heterocycles. The van der Waals surface area contributed by atoms with E-state index in [-0.39, 0.29) is 6.03 Å². The van der Waals surface area contributed by atoms with Gasteiger partial charge in [0, 0.05) is 23.0 Å². The zero-order valence-corrected chi connectivity index (χ0v) is 13.7. The fourth-order valence-corrected chi connectivity index (χ4v) is 2.39. The van der Waals surface area contributed by atoms with Crippen LogP contribution in [0.1, 0.15) is 5.56 Å². The average molecular weight is 337 g/mol. The number of para-hydroxylation sites is 1. The number of amides is 2. The number of hydrogen-bond acceptors (Lipinski definition) is 3. The van der Waals surface area contributed by atoms with Gasteiger partial charge in [-0.25, -0.2) is 4.79 Å². The molecular formula is C16H17ClN2O2S. The van der Waals surface area contributed by atoms with Crippen molar-refractivity contribution in [2.24, 2.45) is 0 Å². The molecule has 0 atom stereocenters. The van der Waals surface area contributed by atoms with E-state index in [1.807, 2.05) is 55.5 Å². The number of benzene rings is 2. The van der Waals surface area contributed by atoms with Crippen LogP contribution in [0.25, 0.3) is 0 Å². The molecule has 2 aromatic carbocycles. The van der Waals surface area contributed by atoms with Gasteiger partial charge in [0.1, 0.15) is 5.75 Å². The van der Waals surface area contributed by atoms with Crippen LogP contribution in [-0.2, 0) is 0 Å². The summed E-state index contributed by atoms with van der Waals surface area (Å²) in [6, 6.07) is 15.0. The van der Waals surface area contributed by atoms with Crippen LogP contribution in [0.2, 0.25) is 0 Å². The number of anilines is 1. The molecule has 2 N–H and O–H groups in total. The van der Waals surface area contributed by atoms with Crippen LogP contribution < -0.4 is 14.8 Å². The summed E-state index contributed by atoms with van der Waals surface area (Å²) in [4.78, 5) is 12.4. The van der Waals surface area contributed by atoms with E-state index in [4.69, 9.17) is 15.8 Å². The zero-order valence-electron chi connectivity index (χ0n) is 12.1. The minimum absolute atomic E-state index is 0.266. The first-order chi connectivity index (χ1) is 10.7. The highest BCUT2D eigenvalue weighted by molar-refractivity contribution is 7.95. The lowest BCUT2D eigenvalue weighted by molar-refractivity contribution is 0.252. The van der Waals surface area contributed by atoms with Crippen molar-refractivity contribution in [2.45, 2.75) is 11.8 Å². The van der Waals surface area contributed by atoms with Crippen molar-refractivity contribution in [1.29, 1.82) is 0 Å². The maximum Gasteiger partial charge on any atom is 0.319 e. The van der Waals surface area contributed by atoms with Crippen LogP contribution in [0, 0.1) is 6.92 Å². The Labute approximate surface area is 139 Å². The topological polar surface area (TPSA) is 50.4 Å². The molecule has 0 aliphatic carbocycles. The predicted molar refractivity (Wildman–Crippen MR) is 91.8 cm³/mol. The Morgan fingerprint density at radius 3 is 2.59 bits per heavy atom. The average Bonchev–Trinajstić information content (AvgIpc) is 2.53. The number of urea groups is 1. The van der Waals surface area contributed by atoms with Crippen LogP contribution in [0.15, 0.2) is 53.4 Å². The summed E-state index contributed by atoms with van der Waals surface area (Å²) in [7, 11) is 0. The van der Waals surface area contributed by atoms with Gasteiger partial charge in [0.25, 0.3) is 0 Å². The van der Waals surface area contributed by atoms with Gasteiger partial charge in [-0.15, -0.1) is 11.6 Å². The summed E-state index contributed by atoms with van der Waals surface area (Å²) in [6.07, 6.45) is 0. The first-order valence-corrected chi connectivity index (χ1v) is 8.07. The van der Waals surface area contributed by atoms with Gasteiger partial charge in [0.15, 0.2) is 0 Å². The highest BCUT2D eigenvalue weighted by Crippen LogP contribution is 2.26. The van der Waals surface area contributed by atoms with Gasteiger partial charge < -0.3 is 14.8 Å². The predicted octanol–water partition coefficient (Wildman–Crippen LogP) is 4.44. The molecule has 116 valence electrons. The third-order valence-electron chi connectivity index (χ3n) is 2.81. The molecule has 2 amide bonds. The fourth-order valence-electron chi connectivity index (χ4n) is 1.67. The van der Waals surface area contributed by atoms with Crippen molar-refractivity contribution in [1.82, 2.24) is 5.32 Å². The maximum absolute atomic E-state index is 11.5. The van der Waals surface area contributed by atoms with E-state index in [1.165, 1.54) is 12.0 Å². The standard InChI is InChI=1S/C16H17ClN2O2S/c1-12-4-2-3-5-15(12)21-22-14-8-6-13(7-9-14)19-16(20)18-11-10-17/h2-9H,10-11H2,1H3,(H2,18,19,20). The van der Waals surface area contributed by atoms with Gasteiger partial charge in [-0.2, -0.15) is 0 Å². The smallest absolute Gasteiger partial charge is 0.319 e. The molecule has 0 bridgehead atoms. The molecule has 0 aromatic heterocycles. The summed E-state index contributed by atoms with van der Waals surface area (Å²) in [5, 5.41) is 5.36. The van der Waals surface area contributed by atoms with Crippen molar-refractivity contribution in [3.05, 3.63) is 54.1 Å². The number of rotatable bonds is 6. The molecule has 0 aliphatic rings. The first-order valence-electron chi connectivity index (χ1n) is 6.80. The van der Waals surface area contributed by atoms with E-state index in [9.17, 15) is 4.79 Å². The second-order valence-electron chi connectivity index (χ2n) is 4.53. The molecule has 2 aromatic rings. The lowest BCUT2D eigenvalue weighted by atomic mass is 10.2. The van der Waals surface area contributed by atoms with E-state index in [0.29, 0.717) is 18.1 Å². The van der Waals surface area contributed by atoms with Crippen molar-refractivity contribution < 1.29 is 8.98 Å². The zero-order chi connectivity index (χ0) is 15.8. The van der Waals surface area contributed by atoms with E-state index < -0.39 is 0 Å². The minimum atomic E-state index is -0.266. The lowest BCUT2D eigenvalue weighted by Crippen LogP contribution is -2.30. The second-order valence-corrected chi connectivity index (χ2v) is 5.71. The van der Waals surface area contributed by atoms with E-state index in [1.54, 1.807) is 0 Å². The van der Waals surface area contributed by atoms with Crippen LogP contribution in [0.4, 0.5) is 10.5 Å². The van der Waals surface area contributed by atoms with Gasteiger partial charge in [-0.1, -0.05) is 18.2 Å². The largest absolute Gasteiger partial charge is 0.420 e. The van der Waals surface area contributed by atoms with Crippen molar-refractivity contribution in [2.75, 3.05) is 17.7 Å². The number of carbonyl (C=O) groups is 1. The summed E-state index contributed by atoms with van der Waals surface area (Å²) < 4.78 is 5.70. The van der Waals surface area contributed by atoms with Gasteiger partial charge in [-0.05, 0) is 42.8 Å². The lowest BCUT2D eigenvalue weighted by Gasteiger charge is -2.08. The normalized spacial score (nSPS) is 10.1. The van der Waals surface area contributed by atoms with Crippen molar-refractivity contribution >= 4 is 35.4 Å². The molecule has 2 rings (SSSR count). The van der Waals surface area contributed by atoms with Crippen molar-refractivity contribution in [3.63, 3.8) is 0 Å². The first kappa shape index (κ1) is 16.5. The van der Waals surface area contributed by atoms with Crippen LogP contribution in [0.3, 0.4) is 0 Å². The molecule has 22 heavy (non-hydrogen) atoms. The Morgan fingerprint density at radius 2 is 1.91 bits per heavy atom. The minimum Gasteiger partial charge on any atom is -0.420 e. The molecule has 4 nitrogen and oxygen atoms in total. The summed E-state index contributed by atoms with van der Waals surface area (Å²) in [5.74, 6) is 1.23. The van der Waals surface area contributed by atoms with Crippen LogP contribution in [0.5, 0.6) is 5.75 Å². The number of hydrogen-bond donors (Lipinski definition) is 2. The number of halogens is 1. The molecule has 6 heteroatoms. The van der Waals surface area contributed by atoms with Gasteiger partial charge in [0.2, 0.25) is 0 Å². The van der Waals surface area contributed by atoms with E-state index in [0.717, 1.165) is 16.2 Å². The fraction of sp³-hybridized carbons (Fsp3) is 0.188. The third-order valence-corrected chi connectivity index (χ3v) is 3.73. The number of aryl methyl sites for hydroxylation is 1. The molecule has 0 fully saturated rings. The van der Waals surface area contributed by atoms with Gasteiger partial charge in [0.05, 0.1) is 12.0 Å². The van der Waals surface area contributed by atoms with Crippen LogP contribution in [-0.4, -0.2) is 18.5 Å². The molecule has 0 spiro atoms. The number of carbonyl (C=O) groups excluding carboxylic acids is 1. The number of nitrogens with one attached hydrogen (secondary N) is 2. The van der Waals surface area contributed by atoms with Crippen LogP contribution >= 0.6 is 23.6 Å². The van der Waals surface area contributed by atoms with E-state index >= 15 is 0 Å². The molecule has 0 radical (unpaired) electrons. The SMILES string of the molecule is Cc1ccccc1OSc1ccc(NC(=O)NCCCl)cc1. The monoisotopic (exact) mass is 336 g/mol. The Hall–Kier alpha value is -1.85. The maximum atomic E-state index is 11.5. The second kappa shape index (κ2) is 8.56. The Bertz CT molecular complexity index is 620. The summed E-state index contributed by atoms with van der Waals surface area (Å²) >= 11 is 6.79. The summed E-state index contributed by atoms with van der Waals surface area (Å²) in [5.41, 5.74) is 1.80. The molecule has 0 saturated heterocycles. The number of alkyl halides is 1. The third kappa shape index (κ3) is 5.16. The Morgan fingerprint density at radius 1 is 1.18 bits per heavy atom. The Balaban J connectivity index is 1.87. The van der Waals surface area contributed by atoms with E-state index in [2.05, 4.69) is 10.6 Å². The molecule has 0 unspecified atom stereocenters. The van der Waals surface area contributed by atoms with Crippen molar-refractivity contribution in [3.8, 4) is 5.75 Å². The van der Waals surface area contributed by atoms with Gasteiger partial charge in [-0.3, -0.25) is 0 Å². The molecule has 0 heterocycles. The summed E-state index contributed by atoms with van der Waals surface area (Å²) in [6.45, 7) is 2.44. The van der Waals surface area contributed by atoms with Gasteiger partial charge >= 0.3 is 6.03 Å². The Kier molecular flexibility index (Phi) is 6.43. The molecular weight excluding hydrogens is 320 g/mol. The molecule has 0 saturated carbocycles.